The molecule has 1 amide bonds. The van der Waals surface area contributed by atoms with Crippen molar-refractivity contribution in [3.8, 4) is 0 Å². The van der Waals surface area contributed by atoms with E-state index in [0.717, 1.165) is 12.8 Å². The molecule has 5 heteroatoms. The number of nitrogens with zero attached hydrogens (tertiary/aromatic N) is 3. The van der Waals surface area contributed by atoms with E-state index < -0.39 is 0 Å². The SMILES string of the molecule is CC1CCCC(NC(=O)CN=[N+]=[N-])C1C. The number of rotatable bonds is 3. The van der Waals surface area contributed by atoms with Crippen LogP contribution < -0.4 is 5.32 Å². The predicted octanol–water partition coefficient (Wildman–Crippen LogP) is 2.24. The summed E-state index contributed by atoms with van der Waals surface area (Å²) in [6.45, 7) is 4.30. The summed E-state index contributed by atoms with van der Waals surface area (Å²) in [6, 6.07) is 0.246. The molecule has 0 spiro atoms. The summed E-state index contributed by atoms with van der Waals surface area (Å²) in [5, 5.41) is 6.18. The second-order valence-corrected chi connectivity index (χ2v) is 4.33. The van der Waals surface area contributed by atoms with Crippen molar-refractivity contribution in [2.75, 3.05) is 6.54 Å². The zero-order chi connectivity index (χ0) is 11.3. The van der Waals surface area contributed by atoms with E-state index in [2.05, 4.69) is 29.2 Å². The maximum Gasteiger partial charge on any atom is 0.226 e. The van der Waals surface area contributed by atoms with Crippen molar-refractivity contribution in [1.82, 2.24) is 5.32 Å². The summed E-state index contributed by atoms with van der Waals surface area (Å²) in [6.07, 6.45) is 3.44. The normalized spacial score (nSPS) is 30.4. The van der Waals surface area contributed by atoms with Crippen LogP contribution in [0.1, 0.15) is 33.1 Å². The molecule has 0 aromatic heterocycles. The molecule has 1 saturated carbocycles. The standard InChI is InChI=1S/C10H18N4O/c1-7-4-3-5-9(8(7)2)13-10(15)6-12-14-11/h7-9H,3-6H2,1-2H3,(H,13,15). The monoisotopic (exact) mass is 210 g/mol. The van der Waals surface area contributed by atoms with Gasteiger partial charge in [0.25, 0.3) is 0 Å². The number of hydrogen-bond acceptors (Lipinski definition) is 2. The number of amides is 1. The number of carbonyl (C=O) groups is 1. The summed E-state index contributed by atoms with van der Waals surface area (Å²) in [4.78, 5) is 13.9. The van der Waals surface area contributed by atoms with Gasteiger partial charge in [-0.3, -0.25) is 4.79 Å². The molecular formula is C10H18N4O. The first kappa shape index (κ1) is 11.9. The Morgan fingerprint density at radius 3 is 2.93 bits per heavy atom. The summed E-state index contributed by atoms with van der Waals surface area (Å²) >= 11 is 0. The Kier molecular flexibility index (Phi) is 4.43. The molecule has 0 bridgehead atoms. The van der Waals surface area contributed by atoms with Crippen LogP contribution in [0.2, 0.25) is 0 Å². The lowest BCUT2D eigenvalue weighted by Crippen LogP contribution is -2.44. The number of hydrogen-bond donors (Lipinski definition) is 1. The van der Waals surface area contributed by atoms with Gasteiger partial charge in [0.05, 0.1) is 0 Å². The summed E-state index contributed by atoms with van der Waals surface area (Å²) in [7, 11) is 0. The van der Waals surface area contributed by atoms with Crippen molar-refractivity contribution < 1.29 is 4.79 Å². The van der Waals surface area contributed by atoms with Crippen molar-refractivity contribution in [2.24, 2.45) is 17.0 Å². The van der Waals surface area contributed by atoms with Gasteiger partial charge in [0, 0.05) is 11.0 Å². The van der Waals surface area contributed by atoms with Crippen LogP contribution in [0, 0.1) is 11.8 Å². The van der Waals surface area contributed by atoms with E-state index >= 15 is 0 Å². The first-order valence-corrected chi connectivity index (χ1v) is 5.45. The van der Waals surface area contributed by atoms with Crippen LogP contribution in [0.15, 0.2) is 5.11 Å². The second kappa shape index (κ2) is 5.61. The molecule has 1 aliphatic rings. The Hall–Kier alpha value is -1.22. The minimum atomic E-state index is -0.168. The zero-order valence-corrected chi connectivity index (χ0v) is 9.31. The number of azide groups is 1. The minimum absolute atomic E-state index is 0.0892. The van der Waals surface area contributed by atoms with Crippen molar-refractivity contribution >= 4 is 5.91 Å². The third-order valence-electron chi connectivity index (χ3n) is 3.33. The highest BCUT2D eigenvalue weighted by molar-refractivity contribution is 5.78. The van der Waals surface area contributed by atoms with Gasteiger partial charge in [-0.2, -0.15) is 0 Å². The van der Waals surface area contributed by atoms with Crippen LogP contribution in [0.25, 0.3) is 10.4 Å². The maximum absolute atomic E-state index is 11.3. The first-order valence-electron chi connectivity index (χ1n) is 5.45. The predicted molar refractivity (Wildman–Crippen MR) is 58.1 cm³/mol. The quantitative estimate of drug-likeness (QED) is 0.432. The van der Waals surface area contributed by atoms with Crippen LogP contribution in [0.4, 0.5) is 0 Å². The average molecular weight is 210 g/mol. The molecule has 1 fully saturated rings. The molecule has 1 aliphatic carbocycles. The van der Waals surface area contributed by atoms with Crippen LogP contribution in [0.3, 0.4) is 0 Å². The Morgan fingerprint density at radius 1 is 1.53 bits per heavy atom. The molecule has 0 aromatic carbocycles. The van der Waals surface area contributed by atoms with E-state index in [9.17, 15) is 4.79 Å². The highest BCUT2D eigenvalue weighted by Crippen LogP contribution is 2.29. The second-order valence-electron chi connectivity index (χ2n) is 4.33. The Balaban J connectivity index is 2.42. The summed E-state index contributed by atoms with van der Waals surface area (Å²) < 4.78 is 0. The van der Waals surface area contributed by atoms with Gasteiger partial charge in [0.2, 0.25) is 5.91 Å². The molecule has 0 aromatic rings. The molecule has 1 rings (SSSR count). The number of carbonyl (C=O) groups excluding carboxylic acids is 1. The number of nitrogens with one attached hydrogen (secondary N) is 1. The lowest BCUT2D eigenvalue weighted by Gasteiger charge is -2.34. The topological polar surface area (TPSA) is 77.9 Å². The molecule has 0 heterocycles. The highest BCUT2D eigenvalue weighted by Gasteiger charge is 2.27. The van der Waals surface area contributed by atoms with Crippen LogP contribution in [-0.4, -0.2) is 18.5 Å². The van der Waals surface area contributed by atoms with Crippen molar-refractivity contribution in [3.63, 3.8) is 0 Å². The molecule has 5 nitrogen and oxygen atoms in total. The molecule has 1 N–H and O–H groups in total. The third-order valence-corrected chi connectivity index (χ3v) is 3.33. The van der Waals surface area contributed by atoms with Gasteiger partial charge in [-0.05, 0) is 23.8 Å². The van der Waals surface area contributed by atoms with Gasteiger partial charge in [-0.15, -0.1) is 0 Å². The summed E-state index contributed by atoms with van der Waals surface area (Å²) in [5.74, 6) is 0.996. The fourth-order valence-corrected chi connectivity index (χ4v) is 2.13. The van der Waals surface area contributed by atoms with Crippen LogP contribution in [0.5, 0.6) is 0 Å². The zero-order valence-electron chi connectivity index (χ0n) is 9.31. The fraction of sp³-hybridized carbons (Fsp3) is 0.900. The largest absolute Gasteiger partial charge is 0.353 e. The Bertz CT molecular complexity index is 273. The molecule has 3 atom stereocenters. The van der Waals surface area contributed by atoms with E-state index in [4.69, 9.17) is 5.53 Å². The minimum Gasteiger partial charge on any atom is -0.353 e. The lowest BCUT2D eigenvalue weighted by atomic mass is 9.78. The van der Waals surface area contributed by atoms with Gasteiger partial charge in [-0.1, -0.05) is 31.8 Å². The smallest absolute Gasteiger partial charge is 0.226 e. The molecule has 0 aliphatic heterocycles. The highest BCUT2D eigenvalue weighted by atomic mass is 16.2. The van der Waals surface area contributed by atoms with E-state index in [1.165, 1.54) is 6.42 Å². The molecule has 15 heavy (non-hydrogen) atoms. The Morgan fingerprint density at radius 2 is 2.27 bits per heavy atom. The van der Waals surface area contributed by atoms with Crippen LogP contribution in [-0.2, 0) is 4.79 Å². The van der Waals surface area contributed by atoms with E-state index in [1.807, 2.05) is 0 Å². The Labute approximate surface area is 89.9 Å². The first-order chi connectivity index (χ1) is 7.15. The van der Waals surface area contributed by atoms with Gasteiger partial charge in [-0.25, -0.2) is 0 Å². The fourth-order valence-electron chi connectivity index (χ4n) is 2.13. The maximum atomic E-state index is 11.3. The van der Waals surface area contributed by atoms with Crippen molar-refractivity contribution in [3.05, 3.63) is 10.4 Å². The summed E-state index contributed by atoms with van der Waals surface area (Å²) in [5.41, 5.74) is 8.09. The van der Waals surface area contributed by atoms with E-state index in [-0.39, 0.29) is 18.5 Å². The molecule has 0 saturated heterocycles. The van der Waals surface area contributed by atoms with Crippen LogP contribution >= 0.6 is 0 Å². The average Bonchev–Trinajstić information content (AvgIpc) is 2.22. The lowest BCUT2D eigenvalue weighted by molar-refractivity contribution is -0.121. The molecule has 0 radical (unpaired) electrons. The van der Waals surface area contributed by atoms with E-state index in [1.54, 1.807) is 0 Å². The molecule has 84 valence electrons. The van der Waals surface area contributed by atoms with Gasteiger partial charge >= 0.3 is 0 Å². The molecule has 3 unspecified atom stereocenters. The third kappa shape index (κ3) is 3.44. The van der Waals surface area contributed by atoms with Crippen molar-refractivity contribution in [2.45, 2.75) is 39.2 Å². The van der Waals surface area contributed by atoms with Crippen molar-refractivity contribution in [1.29, 1.82) is 0 Å². The molecular weight excluding hydrogens is 192 g/mol. The van der Waals surface area contributed by atoms with Gasteiger partial charge < -0.3 is 5.32 Å². The van der Waals surface area contributed by atoms with Gasteiger partial charge in [0.15, 0.2) is 0 Å². The van der Waals surface area contributed by atoms with Gasteiger partial charge in [0.1, 0.15) is 6.54 Å². The van der Waals surface area contributed by atoms with E-state index in [0.29, 0.717) is 11.8 Å².